The molecule has 1 saturated heterocycles. The number of anilines is 1. The molecule has 0 aliphatic carbocycles. The van der Waals surface area contributed by atoms with Gasteiger partial charge in [0.25, 0.3) is 0 Å². The Hall–Kier alpha value is -2.14. The molecule has 1 aromatic carbocycles. The van der Waals surface area contributed by atoms with E-state index in [0.717, 1.165) is 30.2 Å². The Morgan fingerprint density at radius 2 is 1.91 bits per heavy atom. The summed E-state index contributed by atoms with van der Waals surface area (Å²) in [4.78, 5) is 16.5. The molecule has 0 radical (unpaired) electrons. The van der Waals surface area contributed by atoms with Crippen LogP contribution in [0.25, 0.3) is 0 Å². The number of carbonyl (C=O) groups is 1. The molecule has 6 heteroatoms. The van der Waals surface area contributed by atoms with Gasteiger partial charge >= 0.3 is 0 Å². The predicted octanol–water partition coefficient (Wildman–Crippen LogP) is 2.33. The largest absolute Gasteiger partial charge is 0.352 e. The molecule has 2 aromatic rings. The van der Waals surface area contributed by atoms with Crippen LogP contribution in [0.5, 0.6) is 0 Å². The van der Waals surface area contributed by atoms with E-state index in [0.29, 0.717) is 24.5 Å². The molecule has 0 unspecified atom stereocenters. The van der Waals surface area contributed by atoms with E-state index in [9.17, 15) is 4.79 Å². The van der Waals surface area contributed by atoms with Crippen LogP contribution in [0.3, 0.4) is 0 Å². The number of piperazine rings is 1. The number of halogens is 1. The number of aromatic nitrogens is 2. The fourth-order valence-corrected chi connectivity index (χ4v) is 2.89. The Kier molecular flexibility index (Phi) is 4.76. The highest BCUT2D eigenvalue weighted by molar-refractivity contribution is 6.30. The lowest BCUT2D eigenvalue weighted by molar-refractivity contribution is -0.130. The van der Waals surface area contributed by atoms with E-state index in [1.54, 1.807) is 0 Å². The Balaban J connectivity index is 1.56. The molecule has 1 aliphatic heterocycles. The lowest BCUT2D eigenvalue weighted by Crippen LogP contribution is -2.49. The summed E-state index contributed by atoms with van der Waals surface area (Å²) in [5.74, 6) is 1.01. The van der Waals surface area contributed by atoms with Crippen molar-refractivity contribution in [2.45, 2.75) is 13.3 Å². The smallest absolute Gasteiger partial charge is 0.227 e. The summed E-state index contributed by atoms with van der Waals surface area (Å²) in [5.41, 5.74) is 1.86. The highest BCUT2D eigenvalue weighted by Gasteiger charge is 2.22. The van der Waals surface area contributed by atoms with Crippen LogP contribution >= 0.6 is 11.6 Å². The Labute approximate surface area is 140 Å². The summed E-state index contributed by atoms with van der Waals surface area (Å²) < 4.78 is 0. The van der Waals surface area contributed by atoms with Crippen molar-refractivity contribution in [3.8, 4) is 0 Å². The number of amides is 1. The summed E-state index contributed by atoms with van der Waals surface area (Å²) in [6, 6.07) is 11.4. The molecule has 1 aliphatic rings. The number of hydrogen-bond donors (Lipinski definition) is 0. The zero-order valence-electron chi connectivity index (χ0n) is 13.1. The van der Waals surface area contributed by atoms with Crippen molar-refractivity contribution in [3.05, 3.63) is 52.7 Å². The number of carbonyl (C=O) groups excluding carboxylic acids is 1. The maximum absolute atomic E-state index is 12.4. The molecule has 1 amide bonds. The molecule has 2 heterocycles. The molecule has 0 spiro atoms. The molecule has 0 N–H and O–H groups in total. The van der Waals surface area contributed by atoms with Crippen LogP contribution in [-0.2, 0) is 11.2 Å². The number of rotatable bonds is 3. The van der Waals surface area contributed by atoms with E-state index in [-0.39, 0.29) is 5.91 Å². The fraction of sp³-hybridized carbons (Fsp3) is 0.353. The van der Waals surface area contributed by atoms with Crippen LogP contribution in [0.2, 0.25) is 5.02 Å². The van der Waals surface area contributed by atoms with E-state index in [4.69, 9.17) is 11.6 Å². The Bertz CT molecular complexity index is 681. The van der Waals surface area contributed by atoms with E-state index in [1.165, 1.54) is 0 Å². The van der Waals surface area contributed by atoms with Crippen molar-refractivity contribution in [2.24, 2.45) is 0 Å². The van der Waals surface area contributed by atoms with Gasteiger partial charge in [-0.3, -0.25) is 4.79 Å². The second-order valence-electron chi connectivity index (χ2n) is 5.71. The predicted molar refractivity (Wildman–Crippen MR) is 90.7 cm³/mol. The van der Waals surface area contributed by atoms with Gasteiger partial charge in [-0.2, -0.15) is 5.10 Å². The first-order chi connectivity index (χ1) is 11.1. The molecule has 0 bridgehead atoms. The van der Waals surface area contributed by atoms with E-state index < -0.39 is 0 Å². The van der Waals surface area contributed by atoms with Gasteiger partial charge < -0.3 is 9.80 Å². The average molecular weight is 331 g/mol. The summed E-state index contributed by atoms with van der Waals surface area (Å²) >= 11 is 5.97. The topological polar surface area (TPSA) is 49.3 Å². The van der Waals surface area contributed by atoms with Crippen LogP contribution in [0.1, 0.15) is 11.3 Å². The third-order valence-electron chi connectivity index (χ3n) is 3.98. The first-order valence-corrected chi connectivity index (χ1v) is 8.07. The molecule has 0 saturated carbocycles. The summed E-state index contributed by atoms with van der Waals surface area (Å²) in [6.07, 6.45) is 0.394. The lowest BCUT2D eigenvalue weighted by Gasteiger charge is -2.35. The second-order valence-corrected chi connectivity index (χ2v) is 6.14. The molecule has 1 fully saturated rings. The quantitative estimate of drug-likeness (QED) is 0.866. The van der Waals surface area contributed by atoms with Gasteiger partial charge in [-0.1, -0.05) is 23.7 Å². The Morgan fingerprint density at radius 3 is 2.57 bits per heavy atom. The molecule has 0 atom stereocenters. The maximum Gasteiger partial charge on any atom is 0.227 e. The van der Waals surface area contributed by atoms with Gasteiger partial charge in [-0.25, -0.2) is 0 Å². The molecule has 120 valence electrons. The summed E-state index contributed by atoms with van der Waals surface area (Å²) in [6.45, 7) is 4.88. The van der Waals surface area contributed by atoms with Crippen molar-refractivity contribution < 1.29 is 4.79 Å². The van der Waals surface area contributed by atoms with Gasteiger partial charge in [0.05, 0.1) is 12.1 Å². The van der Waals surface area contributed by atoms with E-state index in [1.807, 2.05) is 48.2 Å². The molecular weight excluding hydrogens is 312 g/mol. The average Bonchev–Trinajstić information content (AvgIpc) is 2.56. The normalized spacial score (nSPS) is 14.9. The zero-order valence-corrected chi connectivity index (χ0v) is 13.8. The fourth-order valence-electron chi connectivity index (χ4n) is 2.68. The lowest BCUT2D eigenvalue weighted by atomic mass is 10.1. The molecule has 23 heavy (non-hydrogen) atoms. The van der Waals surface area contributed by atoms with Crippen LogP contribution < -0.4 is 4.90 Å². The number of aryl methyl sites for hydroxylation is 1. The summed E-state index contributed by atoms with van der Waals surface area (Å²) in [7, 11) is 0. The Morgan fingerprint density at radius 1 is 1.13 bits per heavy atom. The van der Waals surface area contributed by atoms with Gasteiger partial charge in [0.1, 0.15) is 0 Å². The van der Waals surface area contributed by atoms with Crippen LogP contribution in [0.4, 0.5) is 5.82 Å². The number of nitrogens with zero attached hydrogens (tertiary/aromatic N) is 4. The van der Waals surface area contributed by atoms with Gasteiger partial charge in [-0.05, 0) is 36.8 Å². The number of benzene rings is 1. The van der Waals surface area contributed by atoms with Gasteiger partial charge in [0.15, 0.2) is 5.82 Å². The van der Waals surface area contributed by atoms with Gasteiger partial charge in [0, 0.05) is 31.2 Å². The minimum absolute atomic E-state index is 0.141. The molecule has 5 nitrogen and oxygen atoms in total. The molecule has 3 rings (SSSR count). The van der Waals surface area contributed by atoms with E-state index >= 15 is 0 Å². The van der Waals surface area contributed by atoms with Crippen molar-refractivity contribution >= 4 is 23.3 Å². The van der Waals surface area contributed by atoms with Crippen molar-refractivity contribution in [1.82, 2.24) is 15.1 Å². The van der Waals surface area contributed by atoms with Crippen molar-refractivity contribution in [1.29, 1.82) is 0 Å². The summed E-state index contributed by atoms with van der Waals surface area (Å²) in [5, 5.41) is 8.96. The minimum Gasteiger partial charge on any atom is -0.352 e. The molecule has 1 aromatic heterocycles. The highest BCUT2D eigenvalue weighted by atomic mass is 35.5. The van der Waals surface area contributed by atoms with Crippen molar-refractivity contribution in [3.63, 3.8) is 0 Å². The van der Waals surface area contributed by atoms with Gasteiger partial charge in [0.2, 0.25) is 5.91 Å². The monoisotopic (exact) mass is 330 g/mol. The van der Waals surface area contributed by atoms with Crippen LogP contribution in [-0.4, -0.2) is 47.2 Å². The second kappa shape index (κ2) is 6.96. The third kappa shape index (κ3) is 3.99. The third-order valence-corrected chi connectivity index (χ3v) is 4.22. The molecular formula is C17H19ClN4O. The van der Waals surface area contributed by atoms with Crippen LogP contribution in [0.15, 0.2) is 36.4 Å². The first-order valence-electron chi connectivity index (χ1n) is 7.69. The first kappa shape index (κ1) is 15.7. The SMILES string of the molecule is Cc1ccc(N2CCN(C(=O)Cc3cccc(Cl)c3)CC2)nn1. The van der Waals surface area contributed by atoms with E-state index in [2.05, 4.69) is 15.1 Å². The van der Waals surface area contributed by atoms with Crippen LogP contribution in [0, 0.1) is 6.92 Å². The highest BCUT2D eigenvalue weighted by Crippen LogP contribution is 2.15. The maximum atomic E-state index is 12.4. The zero-order chi connectivity index (χ0) is 16.2. The minimum atomic E-state index is 0.141. The number of hydrogen-bond acceptors (Lipinski definition) is 4. The van der Waals surface area contributed by atoms with Crippen molar-refractivity contribution in [2.75, 3.05) is 31.1 Å². The standard InChI is InChI=1S/C17H19ClN4O/c1-13-5-6-16(20-19-13)21-7-9-22(10-8-21)17(23)12-14-3-2-4-15(18)11-14/h2-6,11H,7-10,12H2,1H3. The van der Waals surface area contributed by atoms with Gasteiger partial charge in [-0.15, -0.1) is 5.10 Å².